The summed E-state index contributed by atoms with van der Waals surface area (Å²) in [6, 6.07) is 6.38. The largest absolute Gasteiger partial charge is 0.367 e. The zero-order valence-corrected chi connectivity index (χ0v) is 10.8. The number of hydrogen-bond acceptors (Lipinski definition) is 3. The molecule has 0 bridgehead atoms. The summed E-state index contributed by atoms with van der Waals surface area (Å²) in [5, 5.41) is 3.38. The van der Waals surface area contributed by atoms with Gasteiger partial charge in [-0.25, -0.2) is 4.98 Å². The topological polar surface area (TPSA) is 24.9 Å². The lowest BCUT2D eigenvalue weighted by Gasteiger charge is -2.21. The van der Waals surface area contributed by atoms with E-state index in [9.17, 15) is 0 Å². The normalized spacial score (nSPS) is 13.6. The van der Waals surface area contributed by atoms with Gasteiger partial charge in [0.25, 0.3) is 0 Å². The summed E-state index contributed by atoms with van der Waals surface area (Å²) >= 11 is 1.97. The molecule has 1 N–H and O–H groups in total. The molecule has 2 nitrogen and oxygen atoms in total. The van der Waals surface area contributed by atoms with Crippen LogP contribution in [0.25, 0.3) is 0 Å². The van der Waals surface area contributed by atoms with E-state index in [0.717, 1.165) is 11.6 Å². The van der Waals surface area contributed by atoms with E-state index in [-0.39, 0.29) is 0 Å². The van der Waals surface area contributed by atoms with Crippen molar-refractivity contribution in [1.82, 2.24) is 4.98 Å². The lowest BCUT2D eigenvalue weighted by molar-refractivity contribution is 0.793. The van der Waals surface area contributed by atoms with Gasteiger partial charge in [0.2, 0.25) is 0 Å². The van der Waals surface area contributed by atoms with Gasteiger partial charge in [0.15, 0.2) is 0 Å². The fourth-order valence-electron chi connectivity index (χ4n) is 1.12. The van der Waals surface area contributed by atoms with Crippen LogP contribution in [0, 0.1) is 0 Å². The Morgan fingerprint density at radius 1 is 1.40 bits per heavy atom. The third kappa shape index (κ3) is 5.67. The van der Waals surface area contributed by atoms with Crippen molar-refractivity contribution >= 4 is 17.6 Å². The number of nitrogens with zero attached hydrogens (tertiary/aromatic N) is 1. The molecule has 1 atom stereocenters. The zero-order valence-electron chi connectivity index (χ0n) is 9.95. The van der Waals surface area contributed by atoms with Crippen LogP contribution in [-0.4, -0.2) is 21.5 Å². The number of thioether (sulfide) groups is 1. The number of nitrogens with one attached hydrogen (secondary N) is 1. The Morgan fingerprint density at radius 3 is 2.67 bits per heavy atom. The molecule has 0 spiro atoms. The van der Waals surface area contributed by atoms with E-state index in [2.05, 4.69) is 38.0 Å². The zero-order chi connectivity index (χ0) is 11.3. The van der Waals surface area contributed by atoms with E-state index < -0.39 is 0 Å². The summed E-state index contributed by atoms with van der Waals surface area (Å²) in [4.78, 5) is 4.24. The van der Waals surface area contributed by atoms with Gasteiger partial charge in [-0.05, 0) is 19.1 Å². The predicted molar refractivity (Wildman–Crippen MR) is 69.5 cm³/mol. The first-order chi connectivity index (χ1) is 6.97. The van der Waals surface area contributed by atoms with Crippen LogP contribution < -0.4 is 5.32 Å². The van der Waals surface area contributed by atoms with Gasteiger partial charge in [-0.1, -0.05) is 26.8 Å². The first kappa shape index (κ1) is 12.4. The van der Waals surface area contributed by atoms with Crippen LogP contribution in [0.1, 0.15) is 27.7 Å². The van der Waals surface area contributed by atoms with Crippen LogP contribution in [0.2, 0.25) is 0 Å². The Kier molecular flexibility index (Phi) is 4.45. The summed E-state index contributed by atoms with van der Waals surface area (Å²) in [7, 11) is 0. The molecule has 1 unspecified atom stereocenters. The molecule has 1 rings (SSSR count). The van der Waals surface area contributed by atoms with Gasteiger partial charge < -0.3 is 5.32 Å². The molecule has 0 saturated heterocycles. The fraction of sp³-hybridized carbons (Fsp3) is 0.583. The molecule has 0 aliphatic heterocycles. The smallest absolute Gasteiger partial charge is 0.126 e. The molecule has 0 amide bonds. The SMILES string of the molecule is CC(CSC(C)(C)C)Nc1ccccn1. The summed E-state index contributed by atoms with van der Waals surface area (Å²) in [6.45, 7) is 8.91. The highest BCUT2D eigenvalue weighted by Crippen LogP contribution is 2.24. The summed E-state index contributed by atoms with van der Waals surface area (Å²) in [5.74, 6) is 2.06. The fourth-order valence-corrected chi connectivity index (χ4v) is 1.95. The standard InChI is InChI=1S/C12H20N2S/c1-10(9-15-12(2,3)4)14-11-7-5-6-8-13-11/h5-8,10H,9H2,1-4H3,(H,13,14). The maximum Gasteiger partial charge on any atom is 0.126 e. The number of pyridine rings is 1. The third-order valence-corrected chi connectivity index (χ3v) is 3.36. The van der Waals surface area contributed by atoms with Gasteiger partial charge in [-0.15, -0.1) is 0 Å². The highest BCUT2D eigenvalue weighted by molar-refractivity contribution is 8.00. The van der Waals surface area contributed by atoms with Crippen LogP contribution >= 0.6 is 11.8 Å². The maximum absolute atomic E-state index is 4.24. The molecule has 0 aromatic carbocycles. The van der Waals surface area contributed by atoms with E-state index in [1.54, 1.807) is 0 Å². The van der Waals surface area contributed by atoms with Crippen LogP contribution in [0.4, 0.5) is 5.82 Å². The lowest BCUT2D eigenvalue weighted by atomic mass is 10.3. The van der Waals surface area contributed by atoms with Crippen LogP contribution in [-0.2, 0) is 0 Å². The van der Waals surface area contributed by atoms with Crippen molar-refractivity contribution in [3.63, 3.8) is 0 Å². The summed E-state index contributed by atoms with van der Waals surface area (Å²) in [5.41, 5.74) is 0. The van der Waals surface area contributed by atoms with Crippen molar-refractivity contribution in [3.8, 4) is 0 Å². The van der Waals surface area contributed by atoms with Gasteiger partial charge >= 0.3 is 0 Å². The predicted octanol–water partition coefficient (Wildman–Crippen LogP) is 3.41. The molecule has 3 heteroatoms. The molecule has 1 aromatic rings. The Morgan fingerprint density at radius 2 is 2.13 bits per heavy atom. The van der Waals surface area contributed by atoms with Crippen molar-refractivity contribution in [2.24, 2.45) is 0 Å². The molecule has 0 aliphatic rings. The molecule has 0 radical (unpaired) electrons. The second kappa shape index (κ2) is 5.40. The van der Waals surface area contributed by atoms with Gasteiger partial charge in [-0.2, -0.15) is 11.8 Å². The molecule has 0 fully saturated rings. The third-order valence-electron chi connectivity index (χ3n) is 1.83. The van der Waals surface area contributed by atoms with Crippen LogP contribution in [0.5, 0.6) is 0 Å². The minimum Gasteiger partial charge on any atom is -0.367 e. The number of hydrogen-bond donors (Lipinski definition) is 1. The first-order valence-electron chi connectivity index (χ1n) is 5.29. The van der Waals surface area contributed by atoms with Gasteiger partial charge in [0.05, 0.1) is 0 Å². The van der Waals surface area contributed by atoms with Gasteiger partial charge in [0, 0.05) is 22.7 Å². The maximum atomic E-state index is 4.24. The molecule has 1 heterocycles. The van der Waals surface area contributed by atoms with E-state index in [1.807, 2.05) is 36.2 Å². The second-order valence-electron chi connectivity index (χ2n) is 4.68. The Hall–Kier alpha value is -0.700. The van der Waals surface area contributed by atoms with Crippen molar-refractivity contribution < 1.29 is 0 Å². The van der Waals surface area contributed by atoms with E-state index in [4.69, 9.17) is 0 Å². The van der Waals surface area contributed by atoms with E-state index >= 15 is 0 Å². The minimum absolute atomic E-state index is 0.333. The molecular weight excluding hydrogens is 204 g/mol. The van der Waals surface area contributed by atoms with Crippen LogP contribution in [0.3, 0.4) is 0 Å². The highest BCUT2D eigenvalue weighted by Gasteiger charge is 2.12. The molecule has 15 heavy (non-hydrogen) atoms. The van der Waals surface area contributed by atoms with E-state index in [1.165, 1.54) is 0 Å². The van der Waals surface area contributed by atoms with Crippen molar-refractivity contribution in [2.45, 2.75) is 38.5 Å². The number of aromatic nitrogens is 1. The van der Waals surface area contributed by atoms with Gasteiger partial charge in [-0.3, -0.25) is 0 Å². The van der Waals surface area contributed by atoms with Crippen molar-refractivity contribution in [3.05, 3.63) is 24.4 Å². The Balaban J connectivity index is 2.34. The quantitative estimate of drug-likeness (QED) is 0.848. The number of anilines is 1. The molecule has 0 saturated carbocycles. The summed E-state index contributed by atoms with van der Waals surface area (Å²) < 4.78 is 0.333. The monoisotopic (exact) mass is 224 g/mol. The molecule has 1 aromatic heterocycles. The average molecular weight is 224 g/mol. The first-order valence-corrected chi connectivity index (χ1v) is 6.27. The molecular formula is C12H20N2S. The Bertz CT molecular complexity index is 279. The number of rotatable bonds is 4. The summed E-state index contributed by atoms with van der Waals surface area (Å²) in [6.07, 6.45) is 1.81. The minimum atomic E-state index is 0.333. The second-order valence-corrected chi connectivity index (χ2v) is 6.53. The molecule has 0 aliphatic carbocycles. The van der Waals surface area contributed by atoms with Crippen LogP contribution in [0.15, 0.2) is 24.4 Å². The van der Waals surface area contributed by atoms with Crippen molar-refractivity contribution in [2.75, 3.05) is 11.1 Å². The highest BCUT2D eigenvalue weighted by atomic mass is 32.2. The van der Waals surface area contributed by atoms with Gasteiger partial charge in [0.1, 0.15) is 5.82 Å². The van der Waals surface area contributed by atoms with E-state index in [0.29, 0.717) is 10.8 Å². The lowest BCUT2D eigenvalue weighted by Crippen LogP contribution is -2.22. The Labute approximate surface area is 96.9 Å². The van der Waals surface area contributed by atoms with Crippen molar-refractivity contribution in [1.29, 1.82) is 0 Å². The average Bonchev–Trinajstić information content (AvgIpc) is 2.15. The molecule has 84 valence electrons.